The van der Waals surface area contributed by atoms with Crippen LogP contribution in [-0.2, 0) is 32.5 Å². The van der Waals surface area contributed by atoms with E-state index < -0.39 is 10.0 Å². The van der Waals surface area contributed by atoms with Gasteiger partial charge in [-0.1, -0.05) is 12.1 Å². The number of carbonyl (C=O) groups excluding carboxylic acids is 1. The maximum Gasteiger partial charge on any atom is 0.243 e. The lowest BCUT2D eigenvalue weighted by Gasteiger charge is -2.26. The molecule has 1 aliphatic heterocycles. The van der Waals surface area contributed by atoms with Gasteiger partial charge in [0, 0.05) is 32.5 Å². The molecular weight excluding hydrogens is 456 g/mol. The number of aromatic nitrogens is 4. The van der Waals surface area contributed by atoms with E-state index >= 15 is 0 Å². The number of nitrogens with one attached hydrogen (secondary N) is 2. The van der Waals surface area contributed by atoms with Crippen molar-refractivity contribution in [2.24, 2.45) is 0 Å². The highest BCUT2D eigenvalue weighted by Gasteiger charge is 2.27. The van der Waals surface area contributed by atoms with Crippen LogP contribution in [0.4, 0.5) is 5.95 Å². The largest absolute Gasteiger partial charge is 0.379 e. The van der Waals surface area contributed by atoms with Crippen molar-refractivity contribution in [3.8, 4) is 0 Å². The molecule has 0 bridgehead atoms. The Morgan fingerprint density at radius 1 is 1.12 bits per heavy atom. The van der Waals surface area contributed by atoms with Crippen molar-refractivity contribution in [3.63, 3.8) is 0 Å². The van der Waals surface area contributed by atoms with Crippen LogP contribution in [0.5, 0.6) is 0 Å². The average Bonchev–Trinajstić information content (AvgIpc) is 3.42. The van der Waals surface area contributed by atoms with Crippen LogP contribution in [0.15, 0.2) is 47.4 Å². The molecule has 11 heteroatoms. The van der Waals surface area contributed by atoms with Crippen LogP contribution >= 0.6 is 0 Å². The number of ether oxygens (including phenoxy) is 1. The number of H-pyrrole nitrogens is 1. The van der Waals surface area contributed by atoms with Crippen molar-refractivity contribution >= 4 is 43.9 Å². The van der Waals surface area contributed by atoms with E-state index in [1.54, 1.807) is 18.2 Å². The van der Waals surface area contributed by atoms with Crippen molar-refractivity contribution in [2.45, 2.75) is 31.2 Å². The standard InChI is InChI=1S/C23H26N6O4S/c1-2-29-20-8-7-16(34(31,32)28-11-13-33-14-12-28)15-19(20)24-21(29)9-10-22(30)27-23-25-17-5-3-4-6-18(17)26-23/h3-8,15H,2,9-14H2,1H3,(H2,25,26,27,30). The first-order valence-corrected chi connectivity index (χ1v) is 12.7. The smallest absolute Gasteiger partial charge is 0.243 e. The highest BCUT2D eigenvalue weighted by molar-refractivity contribution is 7.89. The zero-order valence-electron chi connectivity index (χ0n) is 18.8. The summed E-state index contributed by atoms with van der Waals surface area (Å²) in [6, 6.07) is 12.6. The van der Waals surface area contributed by atoms with Gasteiger partial charge in [0.1, 0.15) is 5.82 Å². The number of nitrogens with zero attached hydrogens (tertiary/aromatic N) is 4. The number of amides is 1. The SMILES string of the molecule is CCn1c(CCC(=O)Nc2nc3ccccc3[nH]2)nc2cc(S(=O)(=O)N3CCOCC3)ccc21. The molecule has 2 aromatic heterocycles. The van der Waals surface area contributed by atoms with Crippen LogP contribution in [0.3, 0.4) is 0 Å². The molecule has 0 spiro atoms. The van der Waals surface area contributed by atoms with Gasteiger partial charge >= 0.3 is 0 Å². The second kappa shape index (κ2) is 9.16. The number of benzene rings is 2. The number of morpholine rings is 1. The second-order valence-corrected chi connectivity index (χ2v) is 10.0. The summed E-state index contributed by atoms with van der Waals surface area (Å²) in [6.45, 7) is 4.13. The van der Waals surface area contributed by atoms with E-state index in [9.17, 15) is 13.2 Å². The van der Waals surface area contributed by atoms with E-state index in [4.69, 9.17) is 4.74 Å². The molecule has 4 aromatic rings. The maximum absolute atomic E-state index is 13.0. The molecule has 1 fully saturated rings. The van der Waals surface area contributed by atoms with E-state index in [1.165, 1.54) is 4.31 Å². The van der Waals surface area contributed by atoms with Gasteiger partial charge in [0.25, 0.3) is 0 Å². The van der Waals surface area contributed by atoms with Gasteiger partial charge in [0.15, 0.2) is 0 Å². The van der Waals surface area contributed by atoms with Crippen LogP contribution in [0, 0.1) is 0 Å². The van der Waals surface area contributed by atoms with E-state index in [-0.39, 0.29) is 17.2 Å². The number of anilines is 1. The summed E-state index contributed by atoms with van der Waals surface area (Å²) in [5, 5.41) is 2.80. The Labute approximate surface area is 197 Å². The maximum atomic E-state index is 13.0. The number of imidazole rings is 2. The minimum absolute atomic E-state index is 0.177. The first-order chi connectivity index (χ1) is 16.5. The summed E-state index contributed by atoms with van der Waals surface area (Å²) >= 11 is 0. The zero-order valence-corrected chi connectivity index (χ0v) is 19.6. The molecule has 2 N–H and O–H groups in total. The van der Waals surface area contributed by atoms with Crippen molar-refractivity contribution in [2.75, 3.05) is 31.6 Å². The van der Waals surface area contributed by atoms with Gasteiger partial charge in [-0.2, -0.15) is 4.31 Å². The topological polar surface area (TPSA) is 122 Å². The molecule has 34 heavy (non-hydrogen) atoms. The summed E-state index contributed by atoms with van der Waals surface area (Å²) < 4.78 is 34.8. The summed E-state index contributed by atoms with van der Waals surface area (Å²) in [5.41, 5.74) is 3.09. The molecule has 10 nitrogen and oxygen atoms in total. The molecule has 0 unspecified atom stereocenters. The normalized spacial score (nSPS) is 15.2. The van der Waals surface area contributed by atoms with E-state index in [1.807, 2.05) is 35.8 Å². The molecule has 178 valence electrons. The monoisotopic (exact) mass is 482 g/mol. The first-order valence-electron chi connectivity index (χ1n) is 11.3. The highest BCUT2D eigenvalue weighted by Crippen LogP contribution is 2.24. The minimum atomic E-state index is -3.61. The number of sulfonamides is 1. The van der Waals surface area contributed by atoms with Crippen molar-refractivity contribution in [3.05, 3.63) is 48.3 Å². The number of aryl methyl sites for hydroxylation is 2. The van der Waals surface area contributed by atoms with Gasteiger partial charge in [-0.3, -0.25) is 10.1 Å². The fraction of sp³-hybridized carbons (Fsp3) is 0.348. The second-order valence-electron chi connectivity index (χ2n) is 8.09. The Balaban J connectivity index is 1.33. The lowest BCUT2D eigenvalue weighted by atomic mass is 10.3. The molecule has 3 heterocycles. The number of aromatic amines is 1. The van der Waals surface area contributed by atoms with Gasteiger partial charge in [-0.15, -0.1) is 0 Å². The van der Waals surface area contributed by atoms with Crippen LogP contribution in [0.1, 0.15) is 19.2 Å². The van der Waals surface area contributed by atoms with E-state index in [2.05, 4.69) is 20.3 Å². The predicted molar refractivity (Wildman–Crippen MR) is 128 cm³/mol. The van der Waals surface area contributed by atoms with E-state index in [0.717, 1.165) is 22.4 Å². The number of para-hydroxylation sites is 2. The van der Waals surface area contributed by atoms with Gasteiger partial charge in [0.05, 0.1) is 40.2 Å². The summed E-state index contributed by atoms with van der Waals surface area (Å²) in [5.74, 6) is 0.968. The molecule has 0 aliphatic carbocycles. The summed E-state index contributed by atoms with van der Waals surface area (Å²) in [7, 11) is -3.61. The number of rotatable bonds is 7. The van der Waals surface area contributed by atoms with Crippen molar-refractivity contribution in [1.29, 1.82) is 0 Å². The number of hydrogen-bond acceptors (Lipinski definition) is 6. The Hall–Kier alpha value is -3.28. The molecule has 0 saturated carbocycles. The Kier molecular flexibility index (Phi) is 6.07. The molecule has 0 radical (unpaired) electrons. The van der Waals surface area contributed by atoms with Crippen LogP contribution in [-0.4, -0.2) is 64.5 Å². The summed E-state index contributed by atoms with van der Waals surface area (Å²) in [4.78, 5) is 24.9. The third-order valence-electron chi connectivity index (χ3n) is 5.95. The third kappa shape index (κ3) is 4.29. The van der Waals surface area contributed by atoms with Crippen LogP contribution in [0.25, 0.3) is 22.1 Å². The summed E-state index contributed by atoms with van der Waals surface area (Å²) in [6.07, 6.45) is 0.638. The third-order valence-corrected chi connectivity index (χ3v) is 7.84. The molecule has 1 saturated heterocycles. The average molecular weight is 483 g/mol. The fourth-order valence-corrected chi connectivity index (χ4v) is 5.66. The van der Waals surface area contributed by atoms with E-state index in [0.29, 0.717) is 50.7 Å². The molecule has 2 aromatic carbocycles. The Morgan fingerprint density at radius 3 is 2.68 bits per heavy atom. The minimum Gasteiger partial charge on any atom is -0.379 e. The lowest BCUT2D eigenvalue weighted by molar-refractivity contribution is -0.116. The number of fused-ring (bicyclic) bond motifs is 2. The van der Waals surface area contributed by atoms with Crippen LogP contribution < -0.4 is 5.32 Å². The number of hydrogen-bond donors (Lipinski definition) is 2. The number of carbonyl (C=O) groups is 1. The van der Waals surface area contributed by atoms with Gasteiger partial charge < -0.3 is 14.3 Å². The fourth-order valence-electron chi connectivity index (χ4n) is 4.23. The Bertz CT molecular complexity index is 1420. The molecule has 1 amide bonds. The van der Waals surface area contributed by atoms with Gasteiger partial charge in [-0.25, -0.2) is 18.4 Å². The predicted octanol–water partition coefficient (Wildman–Crippen LogP) is 2.52. The molecule has 5 rings (SSSR count). The van der Waals surface area contributed by atoms with Crippen molar-refractivity contribution in [1.82, 2.24) is 23.8 Å². The Morgan fingerprint density at radius 2 is 1.91 bits per heavy atom. The molecule has 1 aliphatic rings. The molecule has 0 atom stereocenters. The lowest BCUT2D eigenvalue weighted by Crippen LogP contribution is -2.40. The van der Waals surface area contributed by atoms with Crippen molar-refractivity contribution < 1.29 is 17.9 Å². The van der Waals surface area contributed by atoms with Gasteiger partial charge in [0.2, 0.25) is 21.9 Å². The quantitative estimate of drug-likeness (QED) is 0.417. The van der Waals surface area contributed by atoms with Crippen LogP contribution in [0.2, 0.25) is 0 Å². The molecular formula is C23H26N6O4S. The first kappa shape index (κ1) is 22.5. The highest BCUT2D eigenvalue weighted by atomic mass is 32.2. The van der Waals surface area contributed by atoms with Gasteiger partial charge in [-0.05, 0) is 37.3 Å². The zero-order chi connectivity index (χ0) is 23.7.